The Balaban J connectivity index is 1.92. The minimum atomic E-state index is 0.834. The zero-order valence-electron chi connectivity index (χ0n) is 12.1. The molecule has 0 atom stereocenters. The lowest BCUT2D eigenvalue weighted by Crippen LogP contribution is -2.31. The van der Waals surface area contributed by atoms with Gasteiger partial charge in [-0.3, -0.25) is 0 Å². The van der Waals surface area contributed by atoms with Gasteiger partial charge >= 0.3 is 0 Å². The van der Waals surface area contributed by atoms with Gasteiger partial charge in [0.15, 0.2) is 0 Å². The molecule has 0 aliphatic heterocycles. The standard InChI is InChI=1S/C15H28N2S/c1-14(2)6-4-9-16-10-12-17(3)11-8-15-7-5-13-18-15/h5,7,13-14,16H,4,6,8-12H2,1-3H3. The number of likely N-dealkylation sites (N-methyl/N-ethyl adjacent to an activating group) is 1. The zero-order chi connectivity index (χ0) is 13.2. The van der Waals surface area contributed by atoms with E-state index in [1.54, 1.807) is 0 Å². The lowest BCUT2D eigenvalue weighted by Gasteiger charge is -2.16. The Labute approximate surface area is 116 Å². The summed E-state index contributed by atoms with van der Waals surface area (Å²) < 4.78 is 0. The van der Waals surface area contributed by atoms with Gasteiger partial charge in [-0.05, 0) is 50.2 Å². The van der Waals surface area contributed by atoms with E-state index in [4.69, 9.17) is 0 Å². The highest BCUT2D eigenvalue weighted by atomic mass is 32.1. The molecule has 0 radical (unpaired) electrons. The van der Waals surface area contributed by atoms with Crippen molar-refractivity contribution in [2.75, 3.05) is 33.2 Å². The molecule has 0 aliphatic rings. The Kier molecular flexibility index (Phi) is 8.31. The van der Waals surface area contributed by atoms with Crippen LogP contribution in [0, 0.1) is 5.92 Å². The Morgan fingerprint density at radius 2 is 2.11 bits per heavy atom. The Hall–Kier alpha value is -0.380. The molecule has 0 unspecified atom stereocenters. The molecule has 0 saturated carbocycles. The second-order valence-corrected chi connectivity index (χ2v) is 6.45. The summed E-state index contributed by atoms with van der Waals surface area (Å²) in [6.45, 7) is 9.16. The number of nitrogens with one attached hydrogen (secondary N) is 1. The maximum Gasteiger partial charge on any atom is 0.0104 e. The molecule has 1 aromatic heterocycles. The minimum Gasteiger partial charge on any atom is -0.315 e. The van der Waals surface area contributed by atoms with Gasteiger partial charge in [-0.2, -0.15) is 0 Å². The van der Waals surface area contributed by atoms with Crippen LogP contribution in [0.25, 0.3) is 0 Å². The largest absolute Gasteiger partial charge is 0.315 e. The summed E-state index contributed by atoms with van der Waals surface area (Å²) >= 11 is 1.86. The normalized spacial score (nSPS) is 11.6. The first-order valence-electron chi connectivity index (χ1n) is 7.10. The van der Waals surface area contributed by atoms with E-state index in [2.05, 4.69) is 48.6 Å². The zero-order valence-corrected chi connectivity index (χ0v) is 12.9. The molecule has 1 rings (SSSR count). The maximum atomic E-state index is 3.53. The third kappa shape index (κ3) is 7.85. The van der Waals surface area contributed by atoms with Crippen LogP contribution in [-0.2, 0) is 6.42 Å². The fraction of sp³-hybridized carbons (Fsp3) is 0.733. The molecule has 3 heteroatoms. The molecule has 18 heavy (non-hydrogen) atoms. The number of thiophene rings is 1. The molecule has 0 aliphatic carbocycles. The molecular weight excluding hydrogens is 240 g/mol. The second kappa shape index (κ2) is 9.54. The van der Waals surface area contributed by atoms with Crippen LogP contribution in [0.15, 0.2) is 17.5 Å². The van der Waals surface area contributed by atoms with E-state index in [-0.39, 0.29) is 0 Å². The Bertz CT molecular complexity index is 283. The predicted molar refractivity (Wildman–Crippen MR) is 82.5 cm³/mol. The fourth-order valence-electron chi connectivity index (χ4n) is 1.90. The SMILES string of the molecule is CC(C)CCCNCCN(C)CCc1cccs1. The Morgan fingerprint density at radius 1 is 1.28 bits per heavy atom. The third-order valence-corrected chi connectivity index (χ3v) is 4.06. The molecule has 2 nitrogen and oxygen atoms in total. The van der Waals surface area contributed by atoms with Crippen LogP contribution >= 0.6 is 11.3 Å². The van der Waals surface area contributed by atoms with Gasteiger partial charge < -0.3 is 10.2 Å². The molecule has 0 amide bonds. The molecule has 0 bridgehead atoms. The van der Waals surface area contributed by atoms with Crippen LogP contribution in [0.4, 0.5) is 0 Å². The van der Waals surface area contributed by atoms with Crippen molar-refractivity contribution in [3.8, 4) is 0 Å². The smallest absolute Gasteiger partial charge is 0.0104 e. The van der Waals surface area contributed by atoms with E-state index in [0.717, 1.165) is 32.1 Å². The number of rotatable bonds is 10. The Morgan fingerprint density at radius 3 is 2.78 bits per heavy atom. The molecule has 1 heterocycles. The van der Waals surface area contributed by atoms with Crippen LogP contribution in [0.3, 0.4) is 0 Å². The van der Waals surface area contributed by atoms with Crippen molar-refractivity contribution in [2.24, 2.45) is 5.92 Å². The van der Waals surface area contributed by atoms with Crippen molar-refractivity contribution in [2.45, 2.75) is 33.1 Å². The molecule has 1 N–H and O–H groups in total. The molecular formula is C15H28N2S. The van der Waals surface area contributed by atoms with Crippen molar-refractivity contribution < 1.29 is 0 Å². The molecule has 0 saturated heterocycles. The summed E-state index contributed by atoms with van der Waals surface area (Å²) in [5.74, 6) is 0.834. The van der Waals surface area contributed by atoms with Crippen molar-refractivity contribution in [3.63, 3.8) is 0 Å². The second-order valence-electron chi connectivity index (χ2n) is 5.42. The van der Waals surface area contributed by atoms with Gasteiger partial charge in [0, 0.05) is 24.5 Å². The van der Waals surface area contributed by atoms with Crippen LogP contribution in [0.5, 0.6) is 0 Å². The fourth-order valence-corrected chi connectivity index (χ4v) is 2.60. The maximum absolute atomic E-state index is 3.53. The first-order chi connectivity index (χ1) is 8.68. The monoisotopic (exact) mass is 268 g/mol. The average Bonchev–Trinajstić information content (AvgIpc) is 2.83. The van der Waals surface area contributed by atoms with Gasteiger partial charge in [-0.15, -0.1) is 11.3 Å². The molecule has 0 spiro atoms. The highest BCUT2D eigenvalue weighted by Crippen LogP contribution is 2.09. The van der Waals surface area contributed by atoms with E-state index in [0.29, 0.717) is 0 Å². The van der Waals surface area contributed by atoms with Crippen molar-refractivity contribution in [1.29, 1.82) is 0 Å². The first kappa shape index (κ1) is 15.7. The highest BCUT2D eigenvalue weighted by molar-refractivity contribution is 7.09. The van der Waals surface area contributed by atoms with Gasteiger partial charge in [0.05, 0.1) is 0 Å². The average molecular weight is 268 g/mol. The van der Waals surface area contributed by atoms with Gasteiger partial charge in [0.1, 0.15) is 0 Å². The van der Waals surface area contributed by atoms with Crippen molar-refractivity contribution in [3.05, 3.63) is 22.4 Å². The molecule has 0 aromatic carbocycles. The van der Waals surface area contributed by atoms with Crippen molar-refractivity contribution >= 4 is 11.3 Å². The van der Waals surface area contributed by atoms with Crippen LogP contribution in [0.1, 0.15) is 31.6 Å². The summed E-state index contributed by atoms with van der Waals surface area (Å²) in [4.78, 5) is 3.90. The van der Waals surface area contributed by atoms with E-state index in [1.807, 2.05) is 11.3 Å². The summed E-state index contributed by atoms with van der Waals surface area (Å²) in [6, 6.07) is 4.36. The van der Waals surface area contributed by atoms with E-state index in [1.165, 1.54) is 24.1 Å². The number of hydrogen-bond acceptors (Lipinski definition) is 3. The topological polar surface area (TPSA) is 15.3 Å². The molecule has 1 aromatic rings. The number of hydrogen-bond donors (Lipinski definition) is 1. The molecule has 0 fully saturated rings. The van der Waals surface area contributed by atoms with Gasteiger partial charge in [-0.25, -0.2) is 0 Å². The highest BCUT2D eigenvalue weighted by Gasteiger charge is 2.00. The van der Waals surface area contributed by atoms with Crippen LogP contribution < -0.4 is 5.32 Å². The summed E-state index contributed by atoms with van der Waals surface area (Å²) in [6.07, 6.45) is 3.82. The van der Waals surface area contributed by atoms with Gasteiger partial charge in [0.25, 0.3) is 0 Å². The predicted octanol–water partition coefficient (Wildman–Crippen LogP) is 3.25. The molecule has 104 valence electrons. The lowest BCUT2D eigenvalue weighted by molar-refractivity contribution is 0.335. The minimum absolute atomic E-state index is 0.834. The van der Waals surface area contributed by atoms with E-state index in [9.17, 15) is 0 Å². The summed E-state index contributed by atoms with van der Waals surface area (Å²) in [7, 11) is 2.21. The van der Waals surface area contributed by atoms with Gasteiger partial charge in [0.2, 0.25) is 0 Å². The first-order valence-corrected chi connectivity index (χ1v) is 7.98. The van der Waals surface area contributed by atoms with Crippen molar-refractivity contribution in [1.82, 2.24) is 10.2 Å². The quantitative estimate of drug-likeness (QED) is 0.655. The number of nitrogens with zero attached hydrogens (tertiary/aromatic N) is 1. The third-order valence-electron chi connectivity index (χ3n) is 3.13. The summed E-state index contributed by atoms with van der Waals surface area (Å²) in [5, 5.41) is 5.68. The summed E-state index contributed by atoms with van der Waals surface area (Å²) in [5.41, 5.74) is 0. The van der Waals surface area contributed by atoms with E-state index >= 15 is 0 Å². The van der Waals surface area contributed by atoms with Crippen LogP contribution in [0.2, 0.25) is 0 Å². The lowest BCUT2D eigenvalue weighted by atomic mass is 10.1. The van der Waals surface area contributed by atoms with Gasteiger partial charge in [-0.1, -0.05) is 19.9 Å². The van der Waals surface area contributed by atoms with Crippen LogP contribution in [-0.4, -0.2) is 38.1 Å². The van der Waals surface area contributed by atoms with E-state index < -0.39 is 0 Å².